The summed E-state index contributed by atoms with van der Waals surface area (Å²) in [5, 5.41) is 4.43. The largest absolute Gasteiger partial charge is 0.387 e. The summed E-state index contributed by atoms with van der Waals surface area (Å²) in [7, 11) is 1.95. The van der Waals surface area contributed by atoms with Crippen LogP contribution in [0.5, 0.6) is 0 Å². The molecule has 0 aliphatic carbocycles. The van der Waals surface area contributed by atoms with Crippen molar-refractivity contribution in [1.82, 2.24) is 4.98 Å². The van der Waals surface area contributed by atoms with Gasteiger partial charge < -0.3 is 5.32 Å². The van der Waals surface area contributed by atoms with Gasteiger partial charge in [0.25, 0.3) is 0 Å². The van der Waals surface area contributed by atoms with Crippen molar-refractivity contribution in [2.24, 2.45) is 0 Å². The van der Waals surface area contributed by atoms with E-state index in [1.165, 1.54) is 16.6 Å². The van der Waals surface area contributed by atoms with Crippen LogP contribution in [0.4, 0.5) is 5.69 Å². The normalized spacial score (nSPS) is 10.5. The number of fused-ring (bicyclic) bond motifs is 1. The third-order valence-electron chi connectivity index (χ3n) is 2.63. The van der Waals surface area contributed by atoms with Crippen LogP contribution in [-0.4, -0.2) is 12.0 Å². The van der Waals surface area contributed by atoms with Crippen molar-refractivity contribution in [2.45, 2.75) is 13.8 Å². The fourth-order valence-corrected chi connectivity index (χ4v) is 1.75. The maximum absolute atomic E-state index is 4.54. The van der Waals surface area contributed by atoms with Crippen molar-refractivity contribution in [3.63, 3.8) is 0 Å². The second kappa shape index (κ2) is 3.29. The van der Waals surface area contributed by atoms with Crippen LogP contribution >= 0.6 is 0 Å². The minimum Gasteiger partial charge on any atom is -0.387 e. The van der Waals surface area contributed by atoms with E-state index < -0.39 is 0 Å². The third kappa shape index (κ3) is 1.23. The van der Waals surface area contributed by atoms with Crippen molar-refractivity contribution in [2.75, 3.05) is 12.4 Å². The van der Waals surface area contributed by atoms with Gasteiger partial charge in [0.05, 0.1) is 5.52 Å². The predicted molar refractivity (Wildman–Crippen MR) is 60.8 cm³/mol. The first kappa shape index (κ1) is 9.00. The Bertz CT molecular complexity index is 475. The van der Waals surface area contributed by atoms with E-state index in [1.807, 2.05) is 32.2 Å². The lowest BCUT2D eigenvalue weighted by Crippen LogP contribution is -1.98. The van der Waals surface area contributed by atoms with E-state index in [4.69, 9.17) is 0 Å². The molecule has 2 nitrogen and oxygen atoms in total. The van der Waals surface area contributed by atoms with Gasteiger partial charge in [0.2, 0.25) is 0 Å². The summed E-state index contributed by atoms with van der Waals surface area (Å²) < 4.78 is 0. The third-order valence-corrected chi connectivity index (χ3v) is 2.63. The first-order valence-electron chi connectivity index (χ1n) is 4.77. The average molecular weight is 186 g/mol. The lowest BCUT2D eigenvalue weighted by molar-refractivity contribution is 1.19. The molecular formula is C12H14N2. The zero-order valence-electron chi connectivity index (χ0n) is 8.76. The molecule has 0 spiro atoms. The van der Waals surface area contributed by atoms with Gasteiger partial charge in [-0.1, -0.05) is 18.2 Å². The van der Waals surface area contributed by atoms with Crippen LogP contribution in [0.15, 0.2) is 24.3 Å². The molecule has 2 heteroatoms. The highest BCUT2D eigenvalue weighted by molar-refractivity contribution is 5.93. The first-order chi connectivity index (χ1) is 6.74. The zero-order chi connectivity index (χ0) is 10.1. The van der Waals surface area contributed by atoms with Gasteiger partial charge >= 0.3 is 0 Å². The Hall–Kier alpha value is -1.57. The fraction of sp³-hybridized carbons (Fsp3) is 0.250. The van der Waals surface area contributed by atoms with E-state index in [0.29, 0.717) is 0 Å². The Kier molecular flexibility index (Phi) is 2.12. The van der Waals surface area contributed by atoms with E-state index in [0.717, 1.165) is 11.2 Å². The number of aromatic nitrogens is 1. The van der Waals surface area contributed by atoms with Gasteiger partial charge in [0.15, 0.2) is 0 Å². The molecule has 72 valence electrons. The van der Waals surface area contributed by atoms with Gasteiger partial charge in [-0.2, -0.15) is 0 Å². The highest BCUT2D eigenvalue weighted by Gasteiger charge is 2.06. The fourth-order valence-electron chi connectivity index (χ4n) is 1.75. The minimum atomic E-state index is 1.06. The molecule has 1 N–H and O–H groups in total. The molecule has 0 fully saturated rings. The van der Waals surface area contributed by atoms with Crippen molar-refractivity contribution >= 4 is 16.6 Å². The molecular weight excluding hydrogens is 172 g/mol. The van der Waals surface area contributed by atoms with Crippen LogP contribution in [0.2, 0.25) is 0 Å². The van der Waals surface area contributed by atoms with E-state index in [2.05, 4.69) is 23.3 Å². The van der Waals surface area contributed by atoms with Crippen molar-refractivity contribution in [1.29, 1.82) is 0 Å². The number of aryl methyl sites for hydroxylation is 1. The highest BCUT2D eigenvalue weighted by Crippen LogP contribution is 2.26. The van der Waals surface area contributed by atoms with E-state index in [9.17, 15) is 0 Å². The predicted octanol–water partition coefficient (Wildman–Crippen LogP) is 2.89. The van der Waals surface area contributed by atoms with Gasteiger partial charge in [0, 0.05) is 23.8 Å². The monoisotopic (exact) mass is 186 g/mol. The Balaban J connectivity index is 2.89. The molecule has 0 saturated carbocycles. The van der Waals surface area contributed by atoms with Crippen molar-refractivity contribution < 1.29 is 0 Å². The first-order valence-corrected chi connectivity index (χ1v) is 4.77. The molecule has 0 aliphatic heterocycles. The molecule has 0 aliphatic rings. The Morgan fingerprint density at radius 3 is 2.57 bits per heavy atom. The molecule has 0 saturated heterocycles. The standard InChI is InChI=1S/C12H14N2/c1-8-9(2)14-11-7-5-4-6-10(11)12(8)13-3/h4-7H,1-3H3,(H,13,14). The number of rotatable bonds is 1. The van der Waals surface area contributed by atoms with E-state index in [1.54, 1.807) is 0 Å². The van der Waals surface area contributed by atoms with Crippen molar-refractivity contribution in [3.8, 4) is 0 Å². The molecule has 0 amide bonds. The van der Waals surface area contributed by atoms with Gasteiger partial charge in [-0.3, -0.25) is 4.98 Å². The zero-order valence-corrected chi connectivity index (χ0v) is 8.76. The highest BCUT2D eigenvalue weighted by atomic mass is 14.8. The molecule has 2 rings (SSSR count). The number of benzene rings is 1. The number of pyridine rings is 1. The van der Waals surface area contributed by atoms with Gasteiger partial charge in [-0.05, 0) is 25.5 Å². The van der Waals surface area contributed by atoms with Crippen LogP contribution in [-0.2, 0) is 0 Å². The topological polar surface area (TPSA) is 24.9 Å². The lowest BCUT2D eigenvalue weighted by atomic mass is 10.1. The van der Waals surface area contributed by atoms with Crippen molar-refractivity contribution in [3.05, 3.63) is 35.5 Å². The van der Waals surface area contributed by atoms with Crippen LogP contribution in [0.3, 0.4) is 0 Å². The molecule has 14 heavy (non-hydrogen) atoms. The minimum absolute atomic E-state index is 1.06. The van der Waals surface area contributed by atoms with Gasteiger partial charge in [-0.25, -0.2) is 0 Å². The summed E-state index contributed by atoms with van der Waals surface area (Å²) in [6.07, 6.45) is 0. The molecule has 1 heterocycles. The second-order valence-corrected chi connectivity index (χ2v) is 3.46. The lowest BCUT2D eigenvalue weighted by Gasteiger charge is -2.11. The SMILES string of the molecule is CNc1c(C)c(C)nc2ccccc12. The molecule has 0 radical (unpaired) electrons. The molecule has 2 aromatic rings. The Morgan fingerprint density at radius 2 is 1.86 bits per heavy atom. The summed E-state index contributed by atoms with van der Waals surface area (Å²) in [5.74, 6) is 0. The van der Waals surface area contributed by atoms with E-state index in [-0.39, 0.29) is 0 Å². The second-order valence-electron chi connectivity index (χ2n) is 3.46. The molecule has 1 aromatic carbocycles. The van der Waals surface area contributed by atoms with Crippen LogP contribution in [0.1, 0.15) is 11.3 Å². The van der Waals surface area contributed by atoms with Gasteiger partial charge in [-0.15, -0.1) is 0 Å². The molecule has 1 aromatic heterocycles. The number of anilines is 1. The summed E-state index contributed by atoms with van der Waals surface area (Å²) in [5.41, 5.74) is 4.56. The summed E-state index contributed by atoms with van der Waals surface area (Å²) in [4.78, 5) is 4.54. The van der Waals surface area contributed by atoms with Crippen LogP contribution in [0.25, 0.3) is 10.9 Å². The average Bonchev–Trinajstić information content (AvgIpc) is 2.20. The Morgan fingerprint density at radius 1 is 1.14 bits per heavy atom. The number of hydrogen-bond donors (Lipinski definition) is 1. The number of para-hydroxylation sites is 1. The van der Waals surface area contributed by atoms with Gasteiger partial charge in [0.1, 0.15) is 0 Å². The number of nitrogens with zero attached hydrogens (tertiary/aromatic N) is 1. The number of hydrogen-bond acceptors (Lipinski definition) is 2. The number of nitrogens with one attached hydrogen (secondary N) is 1. The molecule has 0 bridgehead atoms. The van der Waals surface area contributed by atoms with E-state index >= 15 is 0 Å². The smallest absolute Gasteiger partial charge is 0.0726 e. The molecule has 0 unspecified atom stereocenters. The molecule has 0 atom stereocenters. The summed E-state index contributed by atoms with van der Waals surface area (Å²) >= 11 is 0. The quantitative estimate of drug-likeness (QED) is 0.740. The van der Waals surface area contributed by atoms with Crippen LogP contribution < -0.4 is 5.32 Å². The summed E-state index contributed by atoms with van der Waals surface area (Å²) in [6, 6.07) is 8.20. The maximum Gasteiger partial charge on any atom is 0.0726 e. The summed E-state index contributed by atoms with van der Waals surface area (Å²) in [6.45, 7) is 4.14. The van der Waals surface area contributed by atoms with Crippen LogP contribution in [0, 0.1) is 13.8 Å². The maximum atomic E-state index is 4.54. The Labute approximate surface area is 84.0 Å².